The zero-order chi connectivity index (χ0) is 21.8. The second-order valence-corrected chi connectivity index (χ2v) is 6.71. The van der Waals surface area contributed by atoms with E-state index in [2.05, 4.69) is 27.8 Å². The third-order valence-corrected chi connectivity index (χ3v) is 4.37. The standard InChI is InChI=1S/C23H33N3O4.HI/c1-5-24-23(25-15-18-8-10-21(28-4)20(27)14-18)26-16-19-9-7-17(3)13-22(19)30-12-11-29-6-2;/h7-10,13-14,27H,5-6,11-12,15-16H2,1-4H3,(H2,24,25,26);1H. The number of guanidine groups is 1. The number of methoxy groups -OCH3 is 1. The first-order valence-corrected chi connectivity index (χ1v) is 10.3. The van der Waals surface area contributed by atoms with Crippen LogP contribution >= 0.6 is 24.0 Å². The molecule has 0 spiro atoms. The second kappa shape index (κ2) is 14.7. The van der Waals surface area contributed by atoms with Crippen LogP contribution < -0.4 is 20.1 Å². The predicted octanol–water partition coefficient (Wildman–Crippen LogP) is 4.00. The van der Waals surface area contributed by atoms with Crippen LogP contribution in [-0.4, -0.2) is 44.5 Å². The maximum atomic E-state index is 9.94. The van der Waals surface area contributed by atoms with Crippen molar-refractivity contribution in [3.05, 3.63) is 53.1 Å². The largest absolute Gasteiger partial charge is 0.504 e. The molecule has 0 fully saturated rings. The third-order valence-electron chi connectivity index (χ3n) is 4.37. The van der Waals surface area contributed by atoms with Gasteiger partial charge in [0.05, 0.1) is 20.3 Å². The van der Waals surface area contributed by atoms with Gasteiger partial charge in [0.15, 0.2) is 17.5 Å². The Morgan fingerprint density at radius 3 is 2.52 bits per heavy atom. The summed E-state index contributed by atoms with van der Waals surface area (Å²) in [5.41, 5.74) is 3.08. The topological polar surface area (TPSA) is 84.3 Å². The highest BCUT2D eigenvalue weighted by Crippen LogP contribution is 2.26. The zero-order valence-electron chi connectivity index (χ0n) is 18.7. The molecule has 0 saturated heterocycles. The normalized spacial score (nSPS) is 10.9. The minimum absolute atomic E-state index is 0. The van der Waals surface area contributed by atoms with E-state index in [0.717, 1.165) is 29.0 Å². The van der Waals surface area contributed by atoms with Crippen molar-refractivity contribution < 1.29 is 19.3 Å². The van der Waals surface area contributed by atoms with Crippen LogP contribution in [0.4, 0.5) is 0 Å². The first-order valence-electron chi connectivity index (χ1n) is 10.3. The van der Waals surface area contributed by atoms with Crippen LogP contribution in [0.5, 0.6) is 17.2 Å². The summed E-state index contributed by atoms with van der Waals surface area (Å²) in [6.45, 7) is 9.53. The molecule has 0 heterocycles. The van der Waals surface area contributed by atoms with Gasteiger partial charge in [0.25, 0.3) is 0 Å². The number of halogens is 1. The highest BCUT2D eigenvalue weighted by atomic mass is 127. The Morgan fingerprint density at radius 2 is 1.84 bits per heavy atom. The Bertz CT molecular complexity index is 830. The SMILES string of the molecule is CCNC(=NCc1ccc(OC)c(O)c1)NCc1ccc(C)cc1OCCOCC.I. The monoisotopic (exact) mass is 543 g/mol. The Hall–Kier alpha value is -2.20. The summed E-state index contributed by atoms with van der Waals surface area (Å²) in [6, 6.07) is 11.4. The molecule has 0 aliphatic heterocycles. The minimum atomic E-state index is 0. The zero-order valence-corrected chi connectivity index (χ0v) is 21.1. The van der Waals surface area contributed by atoms with E-state index in [-0.39, 0.29) is 29.7 Å². The summed E-state index contributed by atoms with van der Waals surface area (Å²) in [7, 11) is 1.53. The third kappa shape index (κ3) is 9.22. The van der Waals surface area contributed by atoms with Crippen molar-refractivity contribution >= 4 is 29.9 Å². The van der Waals surface area contributed by atoms with Gasteiger partial charge in [-0.15, -0.1) is 24.0 Å². The second-order valence-electron chi connectivity index (χ2n) is 6.71. The van der Waals surface area contributed by atoms with Gasteiger partial charge in [-0.3, -0.25) is 0 Å². The molecule has 2 aromatic carbocycles. The first-order chi connectivity index (χ1) is 14.6. The number of aliphatic imine (C=N–C) groups is 1. The van der Waals surface area contributed by atoms with Crippen molar-refractivity contribution in [1.29, 1.82) is 0 Å². The number of ether oxygens (including phenoxy) is 3. The quantitative estimate of drug-likeness (QED) is 0.172. The molecule has 3 N–H and O–H groups in total. The van der Waals surface area contributed by atoms with E-state index in [1.165, 1.54) is 7.11 Å². The maximum Gasteiger partial charge on any atom is 0.191 e. The number of aromatic hydroxyl groups is 1. The van der Waals surface area contributed by atoms with Crippen LogP contribution in [0.3, 0.4) is 0 Å². The highest BCUT2D eigenvalue weighted by Gasteiger charge is 2.07. The Balaban J connectivity index is 0.00000480. The predicted molar refractivity (Wildman–Crippen MR) is 135 cm³/mol. The lowest BCUT2D eigenvalue weighted by molar-refractivity contribution is 0.110. The number of hydrogen-bond acceptors (Lipinski definition) is 5. The fourth-order valence-corrected chi connectivity index (χ4v) is 2.82. The Morgan fingerprint density at radius 1 is 1.03 bits per heavy atom. The van der Waals surface area contributed by atoms with Crippen molar-refractivity contribution in [2.24, 2.45) is 4.99 Å². The van der Waals surface area contributed by atoms with Crippen molar-refractivity contribution in [3.63, 3.8) is 0 Å². The van der Waals surface area contributed by atoms with Crippen molar-refractivity contribution in [3.8, 4) is 17.2 Å². The molecular formula is C23H34IN3O4. The molecule has 2 aromatic rings. The van der Waals surface area contributed by atoms with Crippen molar-refractivity contribution in [2.45, 2.75) is 33.9 Å². The number of aryl methyl sites for hydroxylation is 1. The molecule has 0 saturated carbocycles. The number of nitrogens with zero attached hydrogens (tertiary/aromatic N) is 1. The van der Waals surface area contributed by atoms with Gasteiger partial charge in [-0.2, -0.15) is 0 Å². The molecule has 0 unspecified atom stereocenters. The van der Waals surface area contributed by atoms with Gasteiger partial charge in [-0.25, -0.2) is 4.99 Å². The van der Waals surface area contributed by atoms with Gasteiger partial charge >= 0.3 is 0 Å². The molecule has 0 bridgehead atoms. The molecule has 2 rings (SSSR count). The fourth-order valence-electron chi connectivity index (χ4n) is 2.82. The molecular weight excluding hydrogens is 509 g/mol. The fraction of sp³-hybridized carbons (Fsp3) is 0.435. The molecule has 7 nitrogen and oxygen atoms in total. The number of phenols is 1. The van der Waals surface area contributed by atoms with Gasteiger partial charge in [0.1, 0.15) is 12.4 Å². The Kier molecular flexibility index (Phi) is 12.8. The molecule has 0 aliphatic rings. The Labute approximate surface area is 202 Å². The molecule has 31 heavy (non-hydrogen) atoms. The smallest absolute Gasteiger partial charge is 0.191 e. The lowest BCUT2D eigenvalue weighted by Gasteiger charge is -2.15. The van der Waals surface area contributed by atoms with Crippen LogP contribution in [0.15, 0.2) is 41.4 Å². The van der Waals surface area contributed by atoms with Gasteiger partial charge < -0.3 is 30.0 Å². The molecule has 0 radical (unpaired) electrons. The van der Waals surface area contributed by atoms with Crippen molar-refractivity contribution in [2.75, 3.05) is 33.5 Å². The van der Waals surface area contributed by atoms with Crippen LogP contribution in [0.1, 0.15) is 30.5 Å². The summed E-state index contributed by atoms with van der Waals surface area (Å²) in [5.74, 6) is 2.09. The molecule has 0 aromatic heterocycles. The maximum absolute atomic E-state index is 9.94. The molecule has 0 amide bonds. The van der Waals surface area contributed by atoms with E-state index in [0.29, 0.717) is 44.6 Å². The van der Waals surface area contributed by atoms with Crippen LogP contribution in [-0.2, 0) is 17.8 Å². The number of nitrogens with one attached hydrogen (secondary N) is 2. The molecule has 172 valence electrons. The number of phenolic OH excluding ortho intramolecular Hbond substituents is 1. The average molecular weight is 543 g/mol. The molecule has 0 atom stereocenters. The van der Waals surface area contributed by atoms with Gasteiger partial charge in [-0.05, 0) is 50.1 Å². The van der Waals surface area contributed by atoms with Crippen LogP contribution in [0.25, 0.3) is 0 Å². The van der Waals surface area contributed by atoms with E-state index in [1.54, 1.807) is 12.1 Å². The van der Waals surface area contributed by atoms with E-state index in [1.807, 2.05) is 32.9 Å². The summed E-state index contributed by atoms with van der Waals surface area (Å²) >= 11 is 0. The molecule has 8 heteroatoms. The highest BCUT2D eigenvalue weighted by molar-refractivity contribution is 14.0. The number of benzene rings is 2. The van der Waals surface area contributed by atoms with Crippen molar-refractivity contribution in [1.82, 2.24) is 10.6 Å². The van der Waals surface area contributed by atoms with Gasteiger partial charge in [0, 0.05) is 25.3 Å². The number of hydrogen-bond donors (Lipinski definition) is 3. The summed E-state index contributed by atoms with van der Waals surface area (Å²) in [4.78, 5) is 4.61. The van der Waals surface area contributed by atoms with Crippen LogP contribution in [0, 0.1) is 6.92 Å². The van der Waals surface area contributed by atoms with Crippen LogP contribution in [0.2, 0.25) is 0 Å². The first kappa shape index (κ1) is 26.8. The average Bonchev–Trinajstić information content (AvgIpc) is 2.74. The van der Waals surface area contributed by atoms with E-state index < -0.39 is 0 Å². The lowest BCUT2D eigenvalue weighted by Crippen LogP contribution is -2.36. The molecule has 0 aliphatic carbocycles. The van der Waals surface area contributed by atoms with E-state index in [4.69, 9.17) is 14.2 Å². The van der Waals surface area contributed by atoms with E-state index in [9.17, 15) is 5.11 Å². The van der Waals surface area contributed by atoms with Gasteiger partial charge in [-0.1, -0.05) is 18.2 Å². The number of rotatable bonds is 11. The minimum Gasteiger partial charge on any atom is -0.504 e. The lowest BCUT2D eigenvalue weighted by atomic mass is 10.1. The van der Waals surface area contributed by atoms with Gasteiger partial charge in [0.2, 0.25) is 0 Å². The summed E-state index contributed by atoms with van der Waals surface area (Å²) in [5, 5.41) is 16.5. The summed E-state index contributed by atoms with van der Waals surface area (Å²) < 4.78 is 16.4. The van der Waals surface area contributed by atoms with E-state index >= 15 is 0 Å². The summed E-state index contributed by atoms with van der Waals surface area (Å²) in [6.07, 6.45) is 0.